The van der Waals surface area contributed by atoms with E-state index in [1.807, 2.05) is 4.90 Å². The molecule has 0 spiro atoms. The third kappa shape index (κ3) is 4.59. The van der Waals surface area contributed by atoms with Crippen molar-refractivity contribution in [3.63, 3.8) is 0 Å². The second-order valence-electron chi connectivity index (χ2n) is 5.03. The first-order chi connectivity index (χ1) is 10.1. The number of likely N-dealkylation sites (tertiary alicyclic amines) is 1. The Labute approximate surface area is 137 Å². The Bertz CT molecular complexity index is 524. The van der Waals surface area contributed by atoms with Crippen molar-refractivity contribution in [2.24, 2.45) is 0 Å². The highest BCUT2D eigenvalue weighted by Gasteiger charge is 2.17. The largest absolute Gasteiger partial charge is 0.483 e. The molecule has 0 aliphatic carbocycles. The first-order valence-corrected chi connectivity index (χ1v) is 8.09. The van der Waals surface area contributed by atoms with E-state index in [0.29, 0.717) is 5.75 Å². The molecule has 1 amide bonds. The molecule has 1 aromatic rings. The quantitative estimate of drug-likeness (QED) is 0.786. The molecule has 0 unspecified atom stereocenters. The summed E-state index contributed by atoms with van der Waals surface area (Å²) in [5, 5.41) is 8.98. The Morgan fingerprint density at radius 1 is 1.19 bits per heavy atom. The van der Waals surface area contributed by atoms with E-state index in [-0.39, 0.29) is 18.1 Å². The standard InChI is InChI=1S/C15H18INO4/c16-12-6-5-11(15(19)20)9-13(12)21-10-14(18)17-7-3-1-2-4-8-17/h5-6,9H,1-4,7-8,10H2,(H,19,20). The highest BCUT2D eigenvalue weighted by atomic mass is 127. The zero-order chi connectivity index (χ0) is 15.2. The number of amides is 1. The molecule has 1 aliphatic rings. The van der Waals surface area contributed by atoms with Crippen molar-refractivity contribution in [1.29, 1.82) is 0 Å². The molecule has 0 aromatic heterocycles. The van der Waals surface area contributed by atoms with Gasteiger partial charge in [-0.3, -0.25) is 4.79 Å². The maximum Gasteiger partial charge on any atom is 0.335 e. The predicted octanol–water partition coefficient (Wildman–Crippen LogP) is 2.77. The van der Waals surface area contributed by atoms with Crippen LogP contribution in [-0.4, -0.2) is 41.6 Å². The molecule has 114 valence electrons. The normalized spacial score (nSPS) is 15.4. The molecule has 1 heterocycles. The number of carboxylic acids is 1. The maximum atomic E-state index is 12.1. The van der Waals surface area contributed by atoms with Crippen molar-refractivity contribution in [1.82, 2.24) is 4.90 Å². The van der Waals surface area contributed by atoms with Gasteiger partial charge in [0.05, 0.1) is 9.13 Å². The van der Waals surface area contributed by atoms with E-state index < -0.39 is 5.97 Å². The molecule has 1 fully saturated rings. The summed E-state index contributed by atoms with van der Waals surface area (Å²) in [5.74, 6) is -0.595. The first kappa shape index (κ1) is 16.1. The highest BCUT2D eigenvalue weighted by Crippen LogP contribution is 2.22. The average Bonchev–Trinajstić information content (AvgIpc) is 2.75. The molecule has 5 nitrogen and oxygen atoms in total. The fraction of sp³-hybridized carbons (Fsp3) is 0.467. The van der Waals surface area contributed by atoms with Gasteiger partial charge in [0.1, 0.15) is 5.75 Å². The zero-order valence-electron chi connectivity index (χ0n) is 11.7. The van der Waals surface area contributed by atoms with Crippen LogP contribution in [-0.2, 0) is 4.79 Å². The molecule has 6 heteroatoms. The Morgan fingerprint density at radius 3 is 2.48 bits per heavy atom. The number of hydrogen-bond donors (Lipinski definition) is 1. The second-order valence-corrected chi connectivity index (χ2v) is 6.20. The van der Waals surface area contributed by atoms with E-state index in [4.69, 9.17) is 9.84 Å². The number of carbonyl (C=O) groups excluding carboxylic acids is 1. The van der Waals surface area contributed by atoms with Crippen LogP contribution in [0.25, 0.3) is 0 Å². The van der Waals surface area contributed by atoms with E-state index in [2.05, 4.69) is 22.6 Å². The van der Waals surface area contributed by atoms with Gasteiger partial charge < -0.3 is 14.7 Å². The van der Waals surface area contributed by atoms with Gasteiger partial charge in [-0.25, -0.2) is 4.79 Å². The summed E-state index contributed by atoms with van der Waals surface area (Å²) in [4.78, 5) is 24.9. The SMILES string of the molecule is O=C(O)c1ccc(I)c(OCC(=O)N2CCCCCC2)c1. The van der Waals surface area contributed by atoms with Gasteiger partial charge in [0, 0.05) is 13.1 Å². The van der Waals surface area contributed by atoms with Gasteiger partial charge in [0.25, 0.3) is 5.91 Å². The van der Waals surface area contributed by atoms with Gasteiger partial charge in [-0.05, 0) is 53.6 Å². The third-order valence-corrected chi connectivity index (χ3v) is 4.38. The van der Waals surface area contributed by atoms with Gasteiger partial charge in [0.2, 0.25) is 0 Å². The molecule has 0 bridgehead atoms. The Balaban J connectivity index is 1.97. The fourth-order valence-electron chi connectivity index (χ4n) is 2.30. The van der Waals surface area contributed by atoms with Crippen molar-refractivity contribution in [2.75, 3.05) is 19.7 Å². The van der Waals surface area contributed by atoms with Crippen LogP contribution in [0.15, 0.2) is 18.2 Å². The number of nitrogens with zero attached hydrogens (tertiary/aromatic N) is 1. The van der Waals surface area contributed by atoms with Gasteiger partial charge in [0.15, 0.2) is 6.61 Å². The summed E-state index contributed by atoms with van der Waals surface area (Å²) < 4.78 is 6.31. The number of halogens is 1. The molecule has 1 aliphatic heterocycles. The Morgan fingerprint density at radius 2 is 1.86 bits per heavy atom. The van der Waals surface area contributed by atoms with Crippen molar-refractivity contribution in [3.8, 4) is 5.75 Å². The van der Waals surface area contributed by atoms with Crippen molar-refractivity contribution < 1.29 is 19.4 Å². The monoisotopic (exact) mass is 403 g/mol. The van der Waals surface area contributed by atoms with E-state index in [1.165, 1.54) is 25.0 Å². The second kappa shape index (κ2) is 7.63. The van der Waals surface area contributed by atoms with E-state index >= 15 is 0 Å². The van der Waals surface area contributed by atoms with E-state index in [9.17, 15) is 9.59 Å². The van der Waals surface area contributed by atoms with Crippen LogP contribution in [0.1, 0.15) is 36.0 Å². The van der Waals surface area contributed by atoms with Gasteiger partial charge >= 0.3 is 5.97 Å². The minimum absolute atomic E-state index is 0.0339. The van der Waals surface area contributed by atoms with Gasteiger partial charge in [-0.15, -0.1) is 0 Å². The lowest BCUT2D eigenvalue weighted by Crippen LogP contribution is -2.35. The number of carbonyl (C=O) groups is 2. The molecule has 0 atom stereocenters. The van der Waals surface area contributed by atoms with Crippen LogP contribution in [0.3, 0.4) is 0 Å². The molecular weight excluding hydrogens is 385 g/mol. The number of hydrogen-bond acceptors (Lipinski definition) is 3. The molecule has 21 heavy (non-hydrogen) atoms. The molecular formula is C15H18INO4. The summed E-state index contributed by atoms with van der Waals surface area (Å²) in [6.07, 6.45) is 4.42. The van der Waals surface area contributed by atoms with Crippen LogP contribution in [0, 0.1) is 3.57 Å². The molecule has 2 rings (SSSR count). The summed E-state index contributed by atoms with van der Waals surface area (Å²) in [6.45, 7) is 1.53. The summed E-state index contributed by atoms with van der Waals surface area (Å²) >= 11 is 2.07. The molecule has 0 radical (unpaired) electrons. The lowest BCUT2D eigenvalue weighted by Gasteiger charge is -2.20. The highest BCUT2D eigenvalue weighted by molar-refractivity contribution is 14.1. The number of ether oxygens (including phenoxy) is 1. The average molecular weight is 403 g/mol. The molecule has 1 saturated heterocycles. The van der Waals surface area contributed by atoms with Crippen LogP contribution in [0.4, 0.5) is 0 Å². The summed E-state index contributed by atoms with van der Waals surface area (Å²) in [6, 6.07) is 4.66. The first-order valence-electron chi connectivity index (χ1n) is 7.01. The number of aromatic carboxylic acids is 1. The number of carboxylic acid groups (broad SMARTS) is 1. The minimum atomic E-state index is -1.00. The lowest BCUT2D eigenvalue weighted by molar-refractivity contribution is -0.133. The number of benzene rings is 1. The van der Waals surface area contributed by atoms with Crippen LogP contribution in [0.2, 0.25) is 0 Å². The van der Waals surface area contributed by atoms with Crippen LogP contribution < -0.4 is 4.74 Å². The fourth-order valence-corrected chi connectivity index (χ4v) is 2.79. The Kier molecular flexibility index (Phi) is 5.84. The van der Waals surface area contributed by atoms with Crippen molar-refractivity contribution in [3.05, 3.63) is 27.3 Å². The Hall–Kier alpha value is -1.31. The zero-order valence-corrected chi connectivity index (χ0v) is 13.8. The van der Waals surface area contributed by atoms with Gasteiger partial charge in [-0.1, -0.05) is 12.8 Å². The van der Waals surface area contributed by atoms with Crippen molar-refractivity contribution >= 4 is 34.5 Å². The van der Waals surface area contributed by atoms with Crippen LogP contribution >= 0.6 is 22.6 Å². The van der Waals surface area contributed by atoms with E-state index in [1.54, 1.807) is 6.07 Å². The molecule has 0 saturated carbocycles. The summed E-state index contributed by atoms with van der Waals surface area (Å²) in [7, 11) is 0. The smallest absolute Gasteiger partial charge is 0.335 e. The summed E-state index contributed by atoms with van der Waals surface area (Å²) in [5.41, 5.74) is 0.160. The maximum absolute atomic E-state index is 12.1. The predicted molar refractivity (Wildman–Crippen MR) is 86.7 cm³/mol. The lowest BCUT2D eigenvalue weighted by atomic mass is 10.2. The topological polar surface area (TPSA) is 66.8 Å². The van der Waals surface area contributed by atoms with Crippen LogP contribution in [0.5, 0.6) is 5.75 Å². The third-order valence-electron chi connectivity index (χ3n) is 3.49. The minimum Gasteiger partial charge on any atom is -0.483 e. The number of rotatable bonds is 4. The van der Waals surface area contributed by atoms with Crippen molar-refractivity contribution in [2.45, 2.75) is 25.7 Å². The molecule has 1 N–H and O–H groups in total. The van der Waals surface area contributed by atoms with E-state index in [0.717, 1.165) is 29.5 Å². The molecule has 1 aromatic carbocycles. The van der Waals surface area contributed by atoms with Gasteiger partial charge in [-0.2, -0.15) is 0 Å².